The first kappa shape index (κ1) is 28.8. The molecule has 14 heteroatoms. The van der Waals surface area contributed by atoms with Crippen molar-refractivity contribution < 1.29 is 44.1 Å². The molecule has 0 radical (unpaired) electrons. The fourth-order valence-electron chi connectivity index (χ4n) is 2.86. The molecule has 192 valence electrons. The van der Waals surface area contributed by atoms with E-state index in [9.17, 15) is 39.0 Å². The number of nitrogens with two attached hydrogens (primary N) is 2. The largest absolute Gasteiger partial charge is 0.508 e. The average Bonchev–Trinajstić information content (AvgIpc) is 2.76. The van der Waals surface area contributed by atoms with Gasteiger partial charge in [-0.15, -0.1) is 0 Å². The number of carbonyl (C=O) groups excluding carboxylic acids is 4. The lowest BCUT2D eigenvalue weighted by Gasteiger charge is -2.23. The topological polar surface area (TPSA) is 251 Å². The molecule has 0 aliphatic rings. The molecular weight excluding hydrogens is 466 g/mol. The number of amides is 4. The van der Waals surface area contributed by atoms with Crippen molar-refractivity contribution in [2.75, 3.05) is 0 Å². The van der Waals surface area contributed by atoms with Crippen molar-refractivity contribution in [1.29, 1.82) is 0 Å². The molecule has 0 saturated carbocycles. The molecule has 35 heavy (non-hydrogen) atoms. The summed E-state index contributed by atoms with van der Waals surface area (Å²) >= 11 is 0. The summed E-state index contributed by atoms with van der Waals surface area (Å²) < 4.78 is 0. The van der Waals surface area contributed by atoms with Crippen molar-refractivity contribution in [2.45, 2.75) is 56.8 Å². The van der Waals surface area contributed by atoms with E-state index in [2.05, 4.69) is 16.0 Å². The van der Waals surface area contributed by atoms with Gasteiger partial charge >= 0.3 is 11.9 Å². The quantitative estimate of drug-likeness (QED) is 0.135. The fraction of sp³-hybridized carbons (Fsp3) is 0.429. The lowest BCUT2D eigenvalue weighted by Crippen LogP contribution is -2.57. The van der Waals surface area contributed by atoms with Gasteiger partial charge in [-0.1, -0.05) is 12.1 Å². The molecule has 14 nitrogen and oxygen atoms in total. The zero-order chi connectivity index (χ0) is 26.7. The van der Waals surface area contributed by atoms with Crippen molar-refractivity contribution in [3.8, 4) is 5.75 Å². The zero-order valence-electron chi connectivity index (χ0n) is 18.9. The molecular formula is C21H29N5O9. The lowest BCUT2D eigenvalue weighted by atomic mass is 10.1. The first-order valence-corrected chi connectivity index (χ1v) is 10.5. The van der Waals surface area contributed by atoms with Crippen LogP contribution in [0.25, 0.3) is 0 Å². The van der Waals surface area contributed by atoms with E-state index in [1.54, 1.807) is 12.1 Å². The maximum atomic E-state index is 12.5. The van der Waals surface area contributed by atoms with Crippen molar-refractivity contribution in [2.24, 2.45) is 11.5 Å². The van der Waals surface area contributed by atoms with Crippen LogP contribution in [-0.4, -0.2) is 75.1 Å². The van der Waals surface area contributed by atoms with E-state index in [1.807, 2.05) is 0 Å². The van der Waals surface area contributed by atoms with Gasteiger partial charge in [-0.25, -0.2) is 4.79 Å². The highest BCUT2D eigenvalue weighted by Crippen LogP contribution is 2.11. The van der Waals surface area contributed by atoms with Gasteiger partial charge in [0.25, 0.3) is 0 Å². The first-order valence-electron chi connectivity index (χ1n) is 10.5. The normalized spacial score (nSPS) is 14.0. The zero-order valence-corrected chi connectivity index (χ0v) is 18.9. The monoisotopic (exact) mass is 495 g/mol. The van der Waals surface area contributed by atoms with E-state index in [4.69, 9.17) is 16.6 Å². The second-order valence-corrected chi connectivity index (χ2v) is 7.77. The minimum absolute atomic E-state index is 0.0413. The Morgan fingerprint density at radius 3 is 1.97 bits per heavy atom. The van der Waals surface area contributed by atoms with Gasteiger partial charge in [0.15, 0.2) is 0 Å². The Morgan fingerprint density at radius 2 is 1.46 bits per heavy atom. The standard InChI is InChI=1S/C21H29N5O9/c1-10(24-19(32)13(22)8-11-2-4-12(27)5-3-11)18(31)26-15(9-17(29)30)20(33)25-14(21(34)35)6-7-16(23)28/h2-5,10,13-15,27H,6-9,22H2,1H3,(H2,23,28)(H,24,32)(H,25,33)(H,26,31)(H,29,30)(H,34,35). The SMILES string of the molecule is CC(NC(=O)C(N)Cc1ccc(O)cc1)C(=O)NC(CC(=O)O)C(=O)NC(CCC(N)=O)C(=O)O. The van der Waals surface area contributed by atoms with Crippen molar-refractivity contribution in [3.05, 3.63) is 29.8 Å². The number of primary amides is 1. The number of carboxylic acids is 2. The second kappa shape index (κ2) is 13.5. The Labute approximate surface area is 200 Å². The number of phenols is 1. The Morgan fingerprint density at radius 1 is 0.886 bits per heavy atom. The number of aliphatic carboxylic acids is 2. The third-order valence-electron chi connectivity index (χ3n) is 4.79. The van der Waals surface area contributed by atoms with E-state index in [-0.39, 0.29) is 25.0 Å². The summed E-state index contributed by atoms with van der Waals surface area (Å²) in [6, 6.07) is 0.512. The van der Waals surface area contributed by atoms with Crippen LogP contribution in [0.4, 0.5) is 0 Å². The van der Waals surface area contributed by atoms with Crippen LogP contribution in [0.3, 0.4) is 0 Å². The summed E-state index contributed by atoms with van der Waals surface area (Å²) in [5, 5.41) is 34.1. The van der Waals surface area contributed by atoms with Crippen LogP contribution in [0.5, 0.6) is 5.75 Å². The van der Waals surface area contributed by atoms with Gasteiger partial charge in [-0.3, -0.25) is 24.0 Å². The predicted octanol–water partition coefficient (Wildman–Crippen LogP) is -2.44. The Bertz CT molecular complexity index is 951. The Hall–Kier alpha value is -4.20. The van der Waals surface area contributed by atoms with Gasteiger partial charge in [0.1, 0.15) is 23.9 Å². The number of hydrogen-bond donors (Lipinski definition) is 8. The molecule has 0 fully saturated rings. The number of benzene rings is 1. The maximum Gasteiger partial charge on any atom is 0.326 e. The van der Waals surface area contributed by atoms with E-state index in [1.165, 1.54) is 19.1 Å². The number of hydrogen-bond acceptors (Lipinski definition) is 8. The highest BCUT2D eigenvalue weighted by atomic mass is 16.4. The Kier molecular flexibility index (Phi) is 11.1. The van der Waals surface area contributed by atoms with E-state index in [0.717, 1.165) is 0 Å². The van der Waals surface area contributed by atoms with Crippen LogP contribution in [0.2, 0.25) is 0 Å². The summed E-state index contributed by atoms with van der Waals surface area (Å²) in [4.78, 5) is 70.6. The number of nitrogens with one attached hydrogen (secondary N) is 3. The Balaban J connectivity index is 2.76. The number of carboxylic acid groups (broad SMARTS) is 2. The van der Waals surface area contributed by atoms with Crippen LogP contribution >= 0.6 is 0 Å². The molecule has 1 aromatic carbocycles. The molecule has 10 N–H and O–H groups in total. The van der Waals surface area contributed by atoms with E-state index >= 15 is 0 Å². The second-order valence-electron chi connectivity index (χ2n) is 7.77. The molecule has 0 heterocycles. The molecule has 0 bridgehead atoms. The third-order valence-corrected chi connectivity index (χ3v) is 4.79. The van der Waals surface area contributed by atoms with E-state index in [0.29, 0.717) is 5.56 Å². The van der Waals surface area contributed by atoms with E-state index < -0.39 is 66.2 Å². The molecule has 4 unspecified atom stereocenters. The van der Waals surface area contributed by atoms with Crippen LogP contribution in [0.15, 0.2) is 24.3 Å². The smallest absolute Gasteiger partial charge is 0.326 e. The fourth-order valence-corrected chi connectivity index (χ4v) is 2.86. The highest BCUT2D eigenvalue weighted by molar-refractivity contribution is 5.95. The molecule has 1 rings (SSSR count). The van der Waals surface area contributed by atoms with Crippen LogP contribution < -0.4 is 27.4 Å². The molecule has 1 aromatic rings. The highest BCUT2D eigenvalue weighted by Gasteiger charge is 2.30. The van der Waals surface area contributed by atoms with Gasteiger partial charge in [0, 0.05) is 6.42 Å². The number of rotatable bonds is 14. The van der Waals surface area contributed by atoms with Crippen LogP contribution in [-0.2, 0) is 35.2 Å². The molecule has 0 aliphatic heterocycles. The summed E-state index contributed by atoms with van der Waals surface area (Å²) in [5.74, 6) is -6.42. The van der Waals surface area contributed by atoms with Gasteiger partial charge in [0.05, 0.1) is 12.5 Å². The number of carbonyl (C=O) groups is 6. The van der Waals surface area contributed by atoms with Crippen LogP contribution in [0.1, 0.15) is 31.7 Å². The molecule has 4 atom stereocenters. The molecule has 0 saturated heterocycles. The average molecular weight is 495 g/mol. The molecule has 0 aliphatic carbocycles. The molecule has 4 amide bonds. The minimum atomic E-state index is -1.67. The third kappa shape index (κ3) is 10.5. The summed E-state index contributed by atoms with van der Waals surface area (Å²) in [6.45, 7) is 1.28. The van der Waals surface area contributed by atoms with Gasteiger partial charge < -0.3 is 42.7 Å². The predicted molar refractivity (Wildman–Crippen MR) is 120 cm³/mol. The van der Waals surface area contributed by atoms with Crippen LogP contribution in [0, 0.1) is 0 Å². The van der Waals surface area contributed by atoms with Gasteiger partial charge in [-0.2, -0.15) is 0 Å². The molecule has 0 spiro atoms. The van der Waals surface area contributed by atoms with Crippen molar-refractivity contribution in [3.63, 3.8) is 0 Å². The first-order chi connectivity index (χ1) is 16.3. The van der Waals surface area contributed by atoms with Crippen molar-refractivity contribution >= 4 is 35.6 Å². The van der Waals surface area contributed by atoms with Gasteiger partial charge in [-0.05, 0) is 37.5 Å². The molecule has 0 aromatic heterocycles. The summed E-state index contributed by atoms with van der Waals surface area (Å²) in [7, 11) is 0. The minimum Gasteiger partial charge on any atom is -0.508 e. The van der Waals surface area contributed by atoms with Gasteiger partial charge in [0.2, 0.25) is 23.6 Å². The number of aromatic hydroxyl groups is 1. The maximum absolute atomic E-state index is 12.5. The number of phenolic OH excluding ortho intramolecular Hbond substituents is 1. The lowest BCUT2D eigenvalue weighted by molar-refractivity contribution is -0.143. The summed E-state index contributed by atoms with van der Waals surface area (Å²) in [5.41, 5.74) is 11.5. The summed E-state index contributed by atoms with van der Waals surface area (Å²) in [6.07, 6.45) is -1.46. The van der Waals surface area contributed by atoms with Crippen molar-refractivity contribution in [1.82, 2.24) is 16.0 Å².